The van der Waals surface area contributed by atoms with Crippen molar-refractivity contribution in [3.8, 4) is 0 Å². The lowest BCUT2D eigenvalue weighted by atomic mass is 9.83. The highest BCUT2D eigenvalue weighted by atomic mass is 32.1. The molecule has 3 N–H and O–H groups in total. The van der Waals surface area contributed by atoms with Crippen LogP contribution in [0.5, 0.6) is 0 Å². The van der Waals surface area contributed by atoms with Crippen molar-refractivity contribution in [3.63, 3.8) is 0 Å². The summed E-state index contributed by atoms with van der Waals surface area (Å²) < 4.78 is 0. The molecule has 1 fully saturated rings. The van der Waals surface area contributed by atoms with Gasteiger partial charge in [0.15, 0.2) is 5.13 Å². The molecule has 2 rings (SSSR count). The molecule has 1 heterocycles. The second-order valence-electron chi connectivity index (χ2n) is 5.94. The molecule has 0 aromatic carbocycles. The molecule has 112 valence electrons. The maximum Gasteiger partial charge on any atom is 0.265 e. The largest absolute Gasteiger partial charge is 0.382 e. The molecule has 0 spiro atoms. The zero-order chi connectivity index (χ0) is 14.7. The second kappa shape index (κ2) is 6.43. The molecule has 20 heavy (non-hydrogen) atoms. The van der Waals surface area contributed by atoms with Crippen molar-refractivity contribution in [2.75, 3.05) is 31.3 Å². The first kappa shape index (κ1) is 15.1. The minimum absolute atomic E-state index is 0.0910. The summed E-state index contributed by atoms with van der Waals surface area (Å²) in [5, 5.41) is 3.77. The van der Waals surface area contributed by atoms with Gasteiger partial charge in [-0.1, -0.05) is 31.1 Å². The summed E-state index contributed by atoms with van der Waals surface area (Å²) in [7, 11) is 3.78. The molecule has 0 atom stereocenters. The highest BCUT2D eigenvalue weighted by Crippen LogP contribution is 2.29. The van der Waals surface area contributed by atoms with E-state index in [1.54, 1.807) is 0 Å². The molecule has 6 heteroatoms. The third-order valence-corrected chi connectivity index (χ3v) is 5.16. The Labute approximate surface area is 124 Å². The number of thiazole rings is 1. The van der Waals surface area contributed by atoms with E-state index in [0.717, 1.165) is 17.6 Å². The van der Waals surface area contributed by atoms with Crippen LogP contribution < -0.4 is 16.0 Å². The van der Waals surface area contributed by atoms with E-state index in [0.29, 0.717) is 16.6 Å². The smallest absolute Gasteiger partial charge is 0.265 e. The molecule has 1 aromatic heterocycles. The van der Waals surface area contributed by atoms with Gasteiger partial charge in [-0.25, -0.2) is 4.98 Å². The van der Waals surface area contributed by atoms with Crippen molar-refractivity contribution >= 4 is 28.2 Å². The lowest BCUT2D eigenvalue weighted by Gasteiger charge is -2.26. The number of anilines is 2. The van der Waals surface area contributed by atoms with Crippen LogP contribution in [0.2, 0.25) is 0 Å². The Morgan fingerprint density at radius 1 is 1.40 bits per heavy atom. The number of rotatable bonds is 4. The van der Waals surface area contributed by atoms with Crippen molar-refractivity contribution in [2.45, 2.75) is 32.6 Å². The van der Waals surface area contributed by atoms with Gasteiger partial charge in [0.1, 0.15) is 10.7 Å². The average molecular weight is 296 g/mol. The predicted octanol–water partition coefficient (Wildman–Crippen LogP) is 2.35. The van der Waals surface area contributed by atoms with Gasteiger partial charge in [0.25, 0.3) is 5.91 Å². The van der Waals surface area contributed by atoms with Gasteiger partial charge < -0.3 is 16.0 Å². The van der Waals surface area contributed by atoms with Crippen LogP contribution in [0.4, 0.5) is 10.9 Å². The minimum Gasteiger partial charge on any atom is -0.382 e. The average Bonchev–Trinajstić information content (AvgIpc) is 2.80. The number of aromatic nitrogens is 1. The number of nitrogen functional groups attached to an aromatic ring is 1. The first-order valence-corrected chi connectivity index (χ1v) is 8.00. The van der Waals surface area contributed by atoms with Gasteiger partial charge in [0, 0.05) is 20.6 Å². The molecular weight excluding hydrogens is 272 g/mol. The predicted molar refractivity (Wildman–Crippen MR) is 84.3 cm³/mol. The Balaban J connectivity index is 1.88. The third kappa shape index (κ3) is 3.62. The van der Waals surface area contributed by atoms with Crippen LogP contribution in [0.15, 0.2) is 0 Å². The highest BCUT2D eigenvalue weighted by molar-refractivity contribution is 7.18. The van der Waals surface area contributed by atoms with Gasteiger partial charge in [0.2, 0.25) is 0 Å². The SMILES string of the molecule is CC1CCC(CNC(=O)c2sc(N(C)C)nc2N)CC1. The van der Waals surface area contributed by atoms with Crippen molar-refractivity contribution < 1.29 is 4.79 Å². The van der Waals surface area contributed by atoms with Crippen LogP contribution in [0.25, 0.3) is 0 Å². The zero-order valence-electron chi connectivity index (χ0n) is 12.5. The summed E-state index contributed by atoms with van der Waals surface area (Å²) in [4.78, 5) is 18.8. The van der Waals surface area contributed by atoms with Crippen LogP contribution in [0.1, 0.15) is 42.3 Å². The molecule has 1 aliphatic rings. The first-order chi connectivity index (χ1) is 9.47. The molecule has 5 nitrogen and oxygen atoms in total. The van der Waals surface area contributed by atoms with Gasteiger partial charge >= 0.3 is 0 Å². The number of nitrogens with one attached hydrogen (secondary N) is 1. The van der Waals surface area contributed by atoms with Gasteiger partial charge in [0.05, 0.1) is 0 Å². The van der Waals surface area contributed by atoms with Crippen LogP contribution in [-0.2, 0) is 0 Å². The Kier molecular flexibility index (Phi) is 4.86. The topological polar surface area (TPSA) is 71.2 Å². The van der Waals surface area contributed by atoms with E-state index in [1.165, 1.54) is 37.0 Å². The molecule has 1 saturated carbocycles. The van der Waals surface area contributed by atoms with E-state index in [1.807, 2.05) is 19.0 Å². The maximum absolute atomic E-state index is 12.2. The number of nitrogens with zero attached hydrogens (tertiary/aromatic N) is 2. The Hall–Kier alpha value is -1.30. The van der Waals surface area contributed by atoms with Crippen molar-refractivity contribution in [1.29, 1.82) is 0 Å². The second-order valence-corrected chi connectivity index (χ2v) is 6.92. The number of hydrogen-bond acceptors (Lipinski definition) is 5. The molecule has 1 aromatic rings. The molecule has 1 amide bonds. The monoisotopic (exact) mass is 296 g/mol. The number of carbonyl (C=O) groups is 1. The molecular formula is C14H24N4OS. The van der Waals surface area contributed by atoms with E-state index in [9.17, 15) is 4.79 Å². The number of hydrogen-bond donors (Lipinski definition) is 2. The van der Waals surface area contributed by atoms with Crippen molar-refractivity contribution in [1.82, 2.24) is 10.3 Å². The summed E-state index contributed by atoms with van der Waals surface area (Å²) in [5.41, 5.74) is 5.82. The van der Waals surface area contributed by atoms with Crippen LogP contribution in [0, 0.1) is 11.8 Å². The Bertz CT molecular complexity index is 464. The standard InChI is InChI=1S/C14H24N4OS/c1-9-4-6-10(7-5-9)8-16-13(19)11-12(15)17-14(20-11)18(2)3/h9-10H,4-8,15H2,1-3H3,(H,16,19). The maximum atomic E-state index is 12.2. The molecule has 0 saturated heterocycles. The fourth-order valence-corrected chi connectivity index (χ4v) is 3.35. The van der Waals surface area contributed by atoms with E-state index in [2.05, 4.69) is 17.2 Å². The summed E-state index contributed by atoms with van der Waals surface area (Å²) in [6.07, 6.45) is 4.97. The van der Waals surface area contributed by atoms with Crippen LogP contribution >= 0.6 is 11.3 Å². The number of nitrogens with two attached hydrogens (primary N) is 1. The molecule has 0 radical (unpaired) electrons. The quantitative estimate of drug-likeness (QED) is 0.894. The molecule has 0 bridgehead atoms. The summed E-state index contributed by atoms with van der Waals surface area (Å²) in [6.45, 7) is 3.05. The minimum atomic E-state index is -0.0910. The summed E-state index contributed by atoms with van der Waals surface area (Å²) in [6, 6.07) is 0. The lowest BCUT2D eigenvalue weighted by Crippen LogP contribution is -2.31. The normalized spacial score (nSPS) is 22.6. The first-order valence-electron chi connectivity index (χ1n) is 7.19. The lowest BCUT2D eigenvalue weighted by molar-refractivity contribution is 0.0946. The van der Waals surface area contributed by atoms with E-state index < -0.39 is 0 Å². The zero-order valence-corrected chi connectivity index (χ0v) is 13.3. The number of amides is 1. The molecule has 0 aliphatic heterocycles. The number of carbonyl (C=O) groups excluding carboxylic acids is 1. The van der Waals surface area contributed by atoms with Crippen LogP contribution in [0.3, 0.4) is 0 Å². The van der Waals surface area contributed by atoms with Crippen molar-refractivity contribution in [2.24, 2.45) is 11.8 Å². The van der Waals surface area contributed by atoms with Crippen molar-refractivity contribution in [3.05, 3.63) is 4.88 Å². The van der Waals surface area contributed by atoms with Gasteiger partial charge in [-0.15, -0.1) is 0 Å². The fourth-order valence-electron chi connectivity index (χ4n) is 2.52. The van der Waals surface area contributed by atoms with E-state index in [-0.39, 0.29) is 5.91 Å². The Morgan fingerprint density at radius 3 is 2.60 bits per heavy atom. The van der Waals surface area contributed by atoms with Crippen LogP contribution in [-0.4, -0.2) is 31.5 Å². The van der Waals surface area contributed by atoms with E-state index in [4.69, 9.17) is 5.73 Å². The third-order valence-electron chi connectivity index (χ3n) is 3.92. The van der Waals surface area contributed by atoms with Gasteiger partial charge in [-0.2, -0.15) is 0 Å². The van der Waals surface area contributed by atoms with E-state index >= 15 is 0 Å². The summed E-state index contributed by atoms with van der Waals surface area (Å²) >= 11 is 1.34. The Morgan fingerprint density at radius 2 is 2.05 bits per heavy atom. The fraction of sp³-hybridized carbons (Fsp3) is 0.714. The highest BCUT2D eigenvalue weighted by Gasteiger charge is 2.21. The molecule has 0 unspecified atom stereocenters. The summed E-state index contributed by atoms with van der Waals surface area (Å²) in [5.74, 6) is 1.68. The molecule has 1 aliphatic carbocycles. The van der Waals surface area contributed by atoms with Gasteiger partial charge in [-0.05, 0) is 24.7 Å². The van der Waals surface area contributed by atoms with Gasteiger partial charge in [-0.3, -0.25) is 4.79 Å².